The van der Waals surface area contributed by atoms with Crippen LogP contribution in [0.3, 0.4) is 0 Å². The summed E-state index contributed by atoms with van der Waals surface area (Å²) in [4.78, 5) is 28.3. The molecule has 0 radical (unpaired) electrons. The molecule has 0 fully saturated rings. The van der Waals surface area contributed by atoms with Crippen LogP contribution < -0.4 is 14.4 Å². The van der Waals surface area contributed by atoms with Crippen LogP contribution in [0, 0.1) is 5.82 Å². The number of ether oxygens (including phenoxy) is 1. The minimum Gasteiger partial charge on any atom is -0.497 e. The van der Waals surface area contributed by atoms with E-state index in [1.54, 1.807) is 43.3 Å². The summed E-state index contributed by atoms with van der Waals surface area (Å²) in [5, 5.41) is 2.86. The molecule has 3 aromatic carbocycles. The molecule has 2 amide bonds. The third kappa shape index (κ3) is 7.79. The molecule has 0 saturated carbocycles. The van der Waals surface area contributed by atoms with Gasteiger partial charge in [0.25, 0.3) is 10.0 Å². The Morgan fingerprint density at radius 2 is 1.62 bits per heavy atom. The standard InChI is InChI=1S/C29H34FN3O5S/c1-21(28(35)31-29(2,3)4)32(19-22-14-16-23(30)17-15-22)27(34)20-33(24-10-9-11-25(18-24)38-5)39(36,37)26-12-7-6-8-13-26/h6-18,21H,19-20H2,1-5H3,(H,31,35)/t21-/m0/s1. The van der Waals surface area contributed by atoms with E-state index in [2.05, 4.69) is 5.32 Å². The number of benzene rings is 3. The summed E-state index contributed by atoms with van der Waals surface area (Å²) in [5.74, 6) is -1.04. The topological polar surface area (TPSA) is 96.0 Å². The Morgan fingerprint density at radius 3 is 2.21 bits per heavy atom. The smallest absolute Gasteiger partial charge is 0.264 e. The van der Waals surface area contributed by atoms with Crippen molar-refractivity contribution < 1.29 is 27.1 Å². The van der Waals surface area contributed by atoms with E-state index < -0.39 is 45.8 Å². The van der Waals surface area contributed by atoms with Crippen LogP contribution in [0.15, 0.2) is 83.8 Å². The molecule has 0 aliphatic rings. The molecule has 10 heteroatoms. The van der Waals surface area contributed by atoms with Crippen molar-refractivity contribution in [2.24, 2.45) is 0 Å². The highest BCUT2D eigenvalue weighted by Crippen LogP contribution is 2.27. The Labute approximate surface area is 229 Å². The van der Waals surface area contributed by atoms with E-state index >= 15 is 0 Å². The molecule has 1 atom stereocenters. The van der Waals surface area contributed by atoms with Crippen LogP contribution in [-0.4, -0.2) is 50.4 Å². The van der Waals surface area contributed by atoms with Crippen molar-refractivity contribution in [3.63, 3.8) is 0 Å². The number of nitrogens with one attached hydrogen (secondary N) is 1. The number of anilines is 1. The van der Waals surface area contributed by atoms with Gasteiger partial charge in [0.2, 0.25) is 11.8 Å². The van der Waals surface area contributed by atoms with Crippen LogP contribution in [0.2, 0.25) is 0 Å². The summed E-state index contributed by atoms with van der Waals surface area (Å²) in [7, 11) is -2.72. The largest absolute Gasteiger partial charge is 0.497 e. The van der Waals surface area contributed by atoms with E-state index in [1.165, 1.54) is 54.5 Å². The van der Waals surface area contributed by atoms with E-state index in [4.69, 9.17) is 4.74 Å². The van der Waals surface area contributed by atoms with Gasteiger partial charge in [-0.3, -0.25) is 13.9 Å². The van der Waals surface area contributed by atoms with Crippen LogP contribution in [0.25, 0.3) is 0 Å². The first-order chi connectivity index (χ1) is 18.3. The predicted octanol–water partition coefficient (Wildman–Crippen LogP) is 4.36. The molecule has 0 aliphatic heterocycles. The van der Waals surface area contributed by atoms with Crippen LogP contribution >= 0.6 is 0 Å². The molecule has 3 rings (SSSR count). The molecule has 208 valence electrons. The van der Waals surface area contributed by atoms with Gasteiger partial charge >= 0.3 is 0 Å². The van der Waals surface area contributed by atoms with E-state index in [-0.39, 0.29) is 17.1 Å². The average molecular weight is 556 g/mol. The third-order valence-corrected chi connectivity index (χ3v) is 7.67. The number of hydrogen-bond acceptors (Lipinski definition) is 5. The van der Waals surface area contributed by atoms with Crippen LogP contribution in [0.1, 0.15) is 33.3 Å². The van der Waals surface area contributed by atoms with E-state index in [0.717, 1.165) is 4.31 Å². The van der Waals surface area contributed by atoms with Gasteiger partial charge in [-0.15, -0.1) is 0 Å². The summed E-state index contributed by atoms with van der Waals surface area (Å²) < 4.78 is 47.4. The zero-order chi connectivity index (χ0) is 28.8. The summed E-state index contributed by atoms with van der Waals surface area (Å²) in [5.41, 5.74) is 0.248. The SMILES string of the molecule is COc1cccc(N(CC(=O)N(Cc2ccc(F)cc2)[C@@H](C)C(=O)NC(C)(C)C)S(=O)(=O)c2ccccc2)c1. The number of carbonyl (C=O) groups excluding carboxylic acids is 2. The summed E-state index contributed by atoms with van der Waals surface area (Å²) in [6, 6.07) is 18.8. The number of sulfonamides is 1. The zero-order valence-electron chi connectivity index (χ0n) is 22.7. The molecule has 0 saturated heterocycles. The average Bonchev–Trinajstić information content (AvgIpc) is 2.90. The Hall–Kier alpha value is -3.92. The highest BCUT2D eigenvalue weighted by atomic mass is 32.2. The molecule has 0 aliphatic carbocycles. The third-order valence-electron chi connectivity index (χ3n) is 5.88. The fraction of sp³-hybridized carbons (Fsp3) is 0.310. The maximum Gasteiger partial charge on any atom is 0.264 e. The van der Waals surface area contributed by atoms with Crippen molar-refractivity contribution in [2.75, 3.05) is 18.0 Å². The van der Waals surface area contributed by atoms with Crippen molar-refractivity contribution in [2.45, 2.75) is 50.7 Å². The summed E-state index contributed by atoms with van der Waals surface area (Å²) >= 11 is 0. The number of hydrogen-bond donors (Lipinski definition) is 1. The monoisotopic (exact) mass is 555 g/mol. The fourth-order valence-corrected chi connectivity index (χ4v) is 5.28. The summed E-state index contributed by atoms with van der Waals surface area (Å²) in [6.45, 7) is 6.42. The second-order valence-electron chi connectivity index (χ2n) is 10.1. The molecular weight excluding hydrogens is 521 g/mol. The van der Waals surface area contributed by atoms with E-state index in [0.29, 0.717) is 11.3 Å². The molecule has 0 bridgehead atoms. The van der Waals surface area contributed by atoms with Crippen LogP contribution in [0.5, 0.6) is 5.75 Å². The quantitative estimate of drug-likeness (QED) is 0.401. The van der Waals surface area contributed by atoms with Gasteiger partial charge in [0.05, 0.1) is 17.7 Å². The van der Waals surface area contributed by atoms with Crippen molar-refractivity contribution in [3.05, 3.63) is 90.2 Å². The molecule has 0 heterocycles. The van der Waals surface area contributed by atoms with E-state index in [1.807, 2.05) is 20.8 Å². The lowest BCUT2D eigenvalue weighted by atomic mass is 10.1. The van der Waals surface area contributed by atoms with Crippen LogP contribution in [-0.2, 0) is 26.2 Å². The fourth-order valence-electron chi connectivity index (χ4n) is 3.86. The maximum atomic E-state index is 13.9. The molecule has 39 heavy (non-hydrogen) atoms. The molecule has 0 spiro atoms. The van der Waals surface area contributed by atoms with Gasteiger partial charge in [0, 0.05) is 18.2 Å². The second-order valence-corrected chi connectivity index (χ2v) is 12.0. The maximum absolute atomic E-state index is 13.9. The highest BCUT2D eigenvalue weighted by Gasteiger charge is 2.33. The van der Waals surface area contributed by atoms with Gasteiger partial charge in [-0.25, -0.2) is 12.8 Å². The zero-order valence-corrected chi connectivity index (χ0v) is 23.5. The van der Waals surface area contributed by atoms with Gasteiger partial charge in [0.15, 0.2) is 0 Å². The number of methoxy groups -OCH3 is 1. The lowest BCUT2D eigenvalue weighted by molar-refractivity contribution is -0.140. The second kappa shape index (κ2) is 12.3. The number of carbonyl (C=O) groups is 2. The molecular formula is C29H34FN3O5S. The van der Waals surface area contributed by atoms with Crippen molar-refractivity contribution in [1.29, 1.82) is 0 Å². The minimum atomic E-state index is -4.18. The number of rotatable bonds is 10. The lowest BCUT2D eigenvalue weighted by Crippen LogP contribution is -2.54. The molecule has 0 unspecified atom stereocenters. The predicted molar refractivity (Wildman–Crippen MR) is 148 cm³/mol. The first-order valence-corrected chi connectivity index (χ1v) is 13.8. The minimum absolute atomic E-state index is 0.00392. The van der Waals surface area contributed by atoms with Crippen molar-refractivity contribution in [3.8, 4) is 5.75 Å². The van der Waals surface area contributed by atoms with Gasteiger partial charge in [-0.1, -0.05) is 36.4 Å². The summed E-state index contributed by atoms with van der Waals surface area (Å²) in [6.07, 6.45) is 0. The molecule has 3 aromatic rings. The first-order valence-electron chi connectivity index (χ1n) is 12.4. The van der Waals surface area contributed by atoms with Gasteiger partial charge in [0.1, 0.15) is 24.2 Å². The number of halogens is 1. The molecule has 0 aromatic heterocycles. The van der Waals surface area contributed by atoms with Gasteiger partial charge < -0.3 is 15.0 Å². The van der Waals surface area contributed by atoms with Crippen molar-refractivity contribution in [1.82, 2.24) is 10.2 Å². The Kier molecular flexibility index (Phi) is 9.34. The lowest BCUT2D eigenvalue weighted by Gasteiger charge is -2.33. The Bertz CT molecular complexity index is 1390. The Morgan fingerprint density at radius 1 is 0.974 bits per heavy atom. The molecule has 8 nitrogen and oxygen atoms in total. The Balaban J connectivity index is 2.04. The number of nitrogens with zero attached hydrogens (tertiary/aromatic N) is 2. The van der Waals surface area contributed by atoms with Crippen LogP contribution in [0.4, 0.5) is 10.1 Å². The van der Waals surface area contributed by atoms with E-state index in [9.17, 15) is 22.4 Å². The number of amides is 2. The highest BCUT2D eigenvalue weighted by molar-refractivity contribution is 7.92. The van der Waals surface area contributed by atoms with Gasteiger partial charge in [-0.2, -0.15) is 0 Å². The van der Waals surface area contributed by atoms with Gasteiger partial charge in [-0.05, 0) is 69.7 Å². The molecule has 1 N–H and O–H groups in total. The normalized spacial score (nSPS) is 12.4. The van der Waals surface area contributed by atoms with Crippen molar-refractivity contribution >= 4 is 27.5 Å². The first kappa shape index (κ1) is 29.6.